The van der Waals surface area contributed by atoms with Gasteiger partial charge in [0.2, 0.25) is 0 Å². The molecule has 3 heteroatoms. The van der Waals surface area contributed by atoms with Crippen molar-refractivity contribution in [3.63, 3.8) is 0 Å². The molecular formula is C17H20N2O. The first-order valence-corrected chi connectivity index (χ1v) is 7.03. The lowest BCUT2D eigenvalue weighted by molar-refractivity contribution is 0.417. The SMILES string of the molecule is COc1cc(NC2CCc3ccccc3C2)ccc1N. The highest BCUT2D eigenvalue weighted by molar-refractivity contribution is 5.61. The van der Waals surface area contributed by atoms with Crippen molar-refractivity contribution in [1.29, 1.82) is 0 Å². The van der Waals surface area contributed by atoms with E-state index in [2.05, 4.69) is 29.6 Å². The molecule has 2 aromatic carbocycles. The van der Waals surface area contributed by atoms with Crippen LogP contribution < -0.4 is 15.8 Å². The maximum atomic E-state index is 5.84. The largest absolute Gasteiger partial charge is 0.495 e. The lowest BCUT2D eigenvalue weighted by atomic mass is 9.88. The first-order chi connectivity index (χ1) is 9.76. The van der Waals surface area contributed by atoms with Crippen LogP contribution in [-0.2, 0) is 12.8 Å². The van der Waals surface area contributed by atoms with Crippen molar-refractivity contribution in [2.24, 2.45) is 0 Å². The molecule has 2 aromatic rings. The second-order valence-corrected chi connectivity index (χ2v) is 5.31. The van der Waals surface area contributed by atoms with E-state index in [4.69, 9.17) is 10.5 Å². The van der Waals surface area contributed by atoms with Gasteiger partial charge in [0.15, 0.2) is 0 Å². The summed E-state index contributed by atoms with van der Waals surface area (Å²) in [5, 5.41) is 3.59. The van der Waals surface area contributed by atoms with E-state index in [9.17, 15) is 0 Å². The molecule has 0 saturated carbocycles. The molecule has 0 fully saturated rings. The second-order valence-electron chi connectivity index (χ2n) is 5.31. The number of rotatable bonds is 3. The van der Waals surface area contributed by atoms with Crippen LogP contribution in [0, 0.1) is 0 Å². The zero-order valence-corrected chi connectivity index (χ0v) is 11.7. The fraction of sp³-hybridized carbons (Fsp3) is 0.294. The minimum Gasteiger partial charge on any atom is -0.495 e. The van der Waals surface area contributed by atoms with E-state index in [0.29, 0.717) is 11.7 Å². The van der Waals surface area contributed by atoms with Crippen LogP contribution >= 0.6 is 0 Å². The zero-order valence-electron chi connectivity index (χ0n) is 11.7. The number of nitrogens with two attached hydrogens (primary N) is 1. The van der Waals surface area contributed by atoms with Gasteiger partial charge in [0.25, 0.3) is 0 Å². The summed E-state index contributed by atoms with van der Waals surface area (Å²) in [6.07, 6.45) is 3.37. The van der Waals surface area contributed by atoms with Crippen LogP contribution in [0.1, 0.15) is 17.5 Å². The third kappa shape index (κ3) is 2.57. The summed E-state index contributed by atoms with van der Waals surface area (Å²) in [6, 6.07) is 15.0. The molecule has 1 atom stereocenters. The Kier molecular flexibility index (Phi) is 3.50. The summed E-state index contributed by atoms with van der Waals surface area (Å²) in [6.45, 7) is 0. The molecule has 3 N–H and O–H groups in total. The smallest absolute Gasteiger partial charge is 0.143 e. The lowest BCUT2D eigenvalue weighted by Crippen LogP contribution is -2.27. The van der Waals surface area contributed by atoms with Gasteiger partial charge in [-0.05, 0) is 42.5 Å². The second kappa shape index (κ2) is 5.45. The average molecular weight is 268 g/mol. The Morgan fingerprint density at radius 3 is 2.75 bits per heavy atom. The average Bonchev–Trinajstić information content (AvgIpc) is 2.49. The lowest BCUT2D eigenvalue weighted by Gasteiger charge is -2.26. The molecular weight excluding hydrogens is 248 g/mol. The number of hydrogen-bond donors (Lipinski definition) is 2. The molecule has 0 bridgehead atoms. The van der Waals surface area contributed by atoms with Crippen LogP contribution in [0.4, 0.5) is 11.4 Å². The minimum absolute atomic E-state index is 0.471. The van der Waals surface area contributed by atoms with Gasteiger partial charge in [-0.1, -0.05) is 24.3 Å². The van der Waals surface area contributed by atoms with E-state index in [1.165, 1.54) is 11.1 Å². The summed E-state index contributed by atoms with van der Waals surface area (Å²) in [7, 11) is 1.65. The highest BCUT2D eigenvalue weighted by atomic mass is 16.5. The summed E-state index contributed by atoms with van der Waals surface area (Å²) in [4.78, 5) is 0. The maximum absolute atomic E-state index is 5.84. The molecule has 0 saturated heterocycles. The Labute approximate surface area is 119 Å². The van der Waals surface area contributed by atoms with Crippen molar-refractivity contribution in [3.8, 4) is 5.75 Å². The standard InChI is InChI=1S/C17H20N2O/c1-20-17-11-15(8-9-16(17)18)19-14-7-6-12-4-2-3-5-13(12)10-14/h2-5,8-9,11,14,19H,6-7,10,18H2,1H3. The van der Waals surface area contributed by atoms with Gasteiger partial charge in [-0.2, -0.15) is 0 Å². The van der Waals surface area contributed by atoms with Gasteiger partial charge in [-0.3, -0.25) is 0 Å². The summed E-state index contributed by atoms with van der Waals surface area (Å²) in [5.41, 5.74) is 10.5. The molecule has 1 aliphatic carbocycles. The Balaban J connectivity index is 1.73. The maximum Gasteiger partial charge on any atom is 0.143 e. The Hall–Kier alpha value is -2.16. The summed E-state index contributed by atoms with van der Waals surface area (Å²) >= 11 is 0. The van der Waals surface area contributed by atoms with Crippen molar-refractivity contribution in [1.82, 2.24) is 0 Å². The van der Waals surface area contributed by atoms with E-state index in [1.54, 1.807) is 7.11 Å². The number of fused-ring (bicyclic) bond motifs is 1. The molecule has 20 heavy (non-hydrogen) atoms. The molecule has 1 unspecified atom stereocenters. The van der Waals surface area contributed by atoms with Crippen molar-refractivity contribution in [3.05, 3.63) is 53.6 Å². The third-order valence-corrected chi connectivity index (χ3v) is 3.95. The number of nitrogen functional groups attached to an aromatic ring is 1. The number of anilines is 2. The quantitative estimate of drug-likeness (QED) is 0.840. The third-order valence-electron chi connectivity index (χ3n) is 3.95. The highest BCUT2D eigenvalue weighted by Gasteiger charge is 2.18. The van der Waals surface area contributed by atoms with E-state index in [0.717, 1.165) is 30.7 Å². The van der Waals surface area contributed by atoms with Crippen molar-refractivity contribution < 1.29 is 4.74 Å². The molecule has 0 aromatic heterocycles. The van der Waals surface area contributed by atoms with E-state index < -0.39 is 0 Å². The highest BCUT2D eigenvalue weighted by Crippen LogP contribution is 2.28. The number of methoxy groups -OCH3 is 1. The number of hydrogen-bond acceptors (Lipinski definition) is 3. The van der Waals surface area contributed by atoms with Crippen LogP contribution in [0.2, 0.25) is 0 Å². The molecule has 3 rings (SSSR count). The first-order valence-electron chi connectivity index (χ1n) is 7.03. The Morgan fingerprint density at radius 1 is 1.15 bits per heavy atom. The predicted molar refractivity (Wildman–Crippen MR) is 83.3 cm³/mol. The van der Waals surface area contributed by atoms with Gasteiger partial charge in [-0.25, -0.2) is 0 Å². The topological polar surface area (TPSA) is 47.3 Å². The van der Waals surface area contributed by atoms with E-state index in [1.807, 2.05) is 18.2 Å². The van der Waals surface area contributed by atoms with Crippen molar-refractivity contribution in [2.45, 2.75) is 25.3 Å². The molecule has 0 spiro atoms. The van der Waals surface area contributed by atoms with Crippen LogP contribution in [0.3, 0.4) is 0 Å². The van der Waals surface area contributed by atoms with Gasteiger partial charge >= 0.3 is 0 Å². The van der Waals surface area contributed by atoms with Crippen molar-refractivity contribution in [2.75, 3.05) is 18.2 Å². The Bertz CT molecular complexity index is 610. The predicted octanol–water partition coefficient (Wildman–Crippen LogP) is 3.25. The van der Waals surface area contributed by atoms with Gasteiger partial charge in [0, 0.05) is 17.8 Å². The number of benzene rings is 2. The molecule has 0 amide bonds. The number of nitrogens with one attached hydrogen (secondary N) is 1. The molecule has 0 aliphatic heterocycles. The van der Waals surface area contributed by atoms with Crippen LogP contribution in [-0.4, -0.2) is 13.2 Å². The minimum atomic E-state index is 0.471. The Morgan fingerprint density at radius 2 is 1.95 bits per heavy atom. The summed E-state index contributed by atoms with van der Waals surface area (Å²) < 4.78 is 5.27. The normalized spacial score (nSPS) is 17.4. The van der Waals surface area contributed by atoms with E-state index in [-0.39, 0.29) is 0 Å². The monoisotopic (exact) mass is 268 g/mol. The summed E-state index contributed by atoms with van der Waals surface area (Å²) in [5.74, 6) is 0.728. The van der Waals surface area contributed by atoms with Crippen LogP contribution in [0.15, 0.2) is 42.5 Å². The van der Waals surface area contributed by atoms with Crippen LogP contribution in [0.25, 0.3) is 0 Å². The fourth-order valence-corrected chi connectivity index (χ4v) is 2.86. The first kappa shape index (κ1) is 12.9. The van der Waals surface area contributed by atoms with Gasteiger partial charge in [-0.15, -0.1) is 0 Å². The fourth-order valence-electron chi connectivity index (χ4n) is 2.86. The molecule has 3 nitrogen and oxygen atoms in total. The molecule has 104 valence electrons. The van der Waals surface area contributed by atoms with E-state index >= 15 is 0 Å². The molecule has 1 aliphatic rings. The number of ether oxygens (including phenoxy) is 1. The van der Waals surface area contributed by atoms with Crippen molar-refractivity contribution >= 4 is 11.4 Å². The van der Waals surface area contributed by atoms with Gasteiger partial charge in [0.05, 0.1) is 12.8 Å². The zero-order chi connectivity index (χ0) is 13.9. The van der Waals surface area contributed by atoms with Crippen LogP contribution in [0.5, 0.6) is 5.75 Å². The molecule has 0 heterocycles. The van der Waals surface area contributed by atoms with Gasteiger partial charge in [0.1, 0.15) is 5.75 Å². The van der Waals surface area contributed by atoms with Gasteiger partial charge < -0.3 is 15.8 Å². The molecule has 0 radical (unpaired) electrons. The number of aryl methyl sites for hydroxylation is 1.